The number of allylic oxidation sites excluding steroid dienone is 3. The fraction of sp³-hybridized carbons (Fsp3) is 0.200. The summed E-state index contributed by atoms with van der Waals surface area (Å²) in [6.45, 7) is 3.64. The van der Waals surface area contributed by atoms with Crippen LogP contribution in [0.25, 0.3) is 0 Å². The van der Waals surface area contributed by atoms with Crippen molar-refractivity contribution in [2.24, 2.45) is 0 Å². The van der Waals surface area contributed by atoms with Crippen molar-refractivity contribution in [3.63, 3.8) is 0 Å². The molecule has 74 valence electrons. The molecule has 1 rings (SSSR count). The number of aryl methyl sites for hydroxylation is 1. The Labute approximate surface area is 82.3 Å². The van der Waals surface area contributed by atoms with Gasteiger partial charge in [-0.05, 0) is 13.8 Å². The fourth-order valence-electron chi connectivity index (χ4n) is 0.847. The molecule has 0 aliphatic heterocycles. The molecule has 0 aliphatic carbocycles. The molecule has 1 aromatic rings. The van der Waals surface area contributed by atoms with Gasteiger partial charge in [0.15, 0.2) is 5.82 Å². The number of anilines is 1. The van der Waals surface area contributed by atoms with Gasteiger partial charge in [0, 0.05) is 12.1 Å². The quantitative estimate of drug-likeness (QED) is 0.589. The SMILES string of the molecule is C/C=C/C=CC(=O)Nc1cc(C)on1. The van der Waals surface area contributed by atoms with Crippen LogP contribution < -0.4 is 5.32 Å². The smallest absolute Gasteiger partial charge is 0.249 e. The van der Waals surface area contributed by atoms with Crippen molar-refractivity contribution in [1.29, 1.82) is 0 Å². The highest BCUT2D eigenvalue weighted by atomic mass is 16.5. The molecule has 0 aromatic carbocycles. The molecule has 1 heterocycles. The zero-order chi connectivity index (χ0) is 10.4. The lowest BCUT2D eigenvalue weighted by Crippen LogP contribution is -2.07. The van der Waals surface area contributed by atoms with Crippen molar-refractivity contribution in [3.8, 4) is 0 Å². The van der Waals surface area contributed by atoms with E-state index >= 15 is 0 Å². The van der Waals surface area contributed by atoms with E-state index in [0.29, 0.717) is 11.6 Å². The predicted octanol–water partition coefficient (Wildman–Crippen LogP) is 2.05. The molecule has 0 unspecified atom stereocenters. The van der Waals surface area contributed by atoms with Crippen LogP contribution in [-0.2, 0) is 4.79 Å². The number of carbonyl (C=O) groups excluding carboxylic acids is 1. The van der Waals surface area contributed by atoms with Gasteiger partial charge in [-0.1, -0.05) is 23.4 Å². The average molecular weight is 192 g/mol. The number of nitrogens with zero attached hydrogens (tertiary/aromatic N) is 1. The molecule has 0 bridgehead atoms. The number of hydrogen-bond acceptors (Lipinski definition) is 3. The normalized spacial score (nSPS) is 11.3. The summed E-state index contributed by atoms with van der Waals surface area (Å²) in [5.74, 6) is 0.867. The number of rotatable bonds is 3. The van der Waals surface area contributed by atoms with Crippen molar-refractivity contribution in [2.45, 2.75) is 13.8 Å². The van der Waals surface area contributed by atoms with Gasteiger partial charge in [-0.25, -0.2) is 0 Å². The van der Waals surface area contributed by atoms with E-state index in [-0.39, 0.29) is 5.91 Å². The van der Waals surface area contributed by atoms with Crippen LogP contribution in [0.1, 0.15) is 12.7 Å². The molecular weight excluding hydrogens is 180 g/mol. The van der Waals surface area contributed by atoms with Gasteiger partial charge in [0.1, 0.15) is 5.76 Å². The van der Waals surface area contributed by atoms with Gasteiger partial charge in [0.25, 0.3) is 0 Å². The van der Waals surface area contributed by atoms with Gasteiger partial charge < -0.3 is 9.84 Å². The monoisotopic (exact) mass is 192 g/mol. The molecular formula is C10H12N2O2. The molecule has 4 heteroatoms. The molecule has 0 atom stereocenters. The molecule has 0 radical (unpaired) electrons. The second-order valence-corrected chi connectivity index (χ2v) is 2.70. The zero-order valence-electron chi connectivity index (χ0n) is 8.15. The largest absolute Gasteiger partial charge is 0.360 e. The maximum atomic E-state index is 11.2. The van der Waals surface area contributed by atoms with Gasteiger partial charge in [-0.15, -0.1) is 0 Å². The minimum Gasteiger partial charge on any atom is -0.360 e. The molecule has 1 amide bonds. The van der Waals surface area contributed by atoms with Crippen molar-refractivity contribution in [3.05, 3.63) is 36.1 Å². The molecule has 0 saturated heterocycles. The molecule has 1 aromatic heterocycles. The lowest BCUT2D eigenvalue weighted by atomic mass is 10.4. The zero-order valence-corrected chi connectivity index (χ0v) is 8.15. The van der Waals surface area contributed by atoms with Gasteiger partial charge in [-0.2, -0.15) is 0 Å². The number of nitrogens with one attached hydrogen (secondary N) is 1. The van der Waals surface area contributed by atoms with Gasteiger partial charge >= 0.3 is 0 Å². The van der Waals surface area contributed by atoms with E-state index in [2.05, 4.69) is 10.5 Å². The molecule has 0 aliphatic rings. The standard InChI is InChI=1S/C10H12N2O2/c1-3-4-5-6-10(13)11-9-7-8(2)14-12-9/h3-7H,1-2H3,(H,11,12,13)/b4-3+,6-5?. The summed E-state index contributed by atoms with van der Waals surface area (Å²) in [5.41, 5.74) is 0. The second-order valence-electron chi connectivity index (χ2n) is 2.70. The van der Waals surface area contributed by atoms with E-state index in [1.807, 2.05) is 13.0 Å². The third-order valence-corrected chi connectivity index (χ3v) is 1.43. The van der Waals surface area contributed by atoms with E-state index in [4.69, 9.17) is 4.52 Å². The van der Waals surface area contributed by atoms with E-state index in [1.54, 1.807) is 25.1 Å². The van der Waals surface area contributed by atoms with Crippen molar-refractivity contribution in [2.75, 3.05) is 5.32 Å². The summed E-state index contributed by atoms with van der Waals surface area (Å²) in [7, 11) is 0. The second kappa shape index (κ2) is 5.01. The Morgan fingerprint density at radius 2 is 2.36 bits per heavy atom. The maximum absolute atomic E-state index is 11.2. The Balaban J connectivity index is 2.49. The highest BCUT2D eigenvalue weighted by Gasteiger charge is 2.01. The number of amides is 1. The minimum absolute atomic E-state index is 0.226. The molecule has 0 spiro atoms. The van der Waals surface area contributed by atoms with Crippen LogP contribution in [0.5, 0.6) is 0 Å². The van der Waals surface area contributed by atoms with Crippen LogP contribution in [0.15, 0.2) is 34.9 Å². The molecule has 0 fully saturated rings. The first-order chi connectivity index (χ1) is 6.72. The molecule has 14 heavy (non-hydrogen) atoms. The van der Waals surface area contributed by atoms with Crippen molar-refractivity contribution in [1.82, 2.24) is 5.16 Å². The Kier molecular flexibility index (Phi) is 3.67. The van der Waals surface area contributed by atoms with Gasteiger partial charge in [0.05, 0.1) is 0 Å². The summed E-state index contributed by atoms with van der Waals surface area (Å²) in [4.78, 5) is 11.2. The lowest BCUT2D eigenvalue weighted by Gasteiger charge is -1.92. The highest BCUT2D eigenvalue weighted by molar-refractivity contribution is 5.98. The number of hydrogen-bond donors (Lipinski definition) is 1. The summed E-state index contributed by atoms with van der Waals surface area (Å²) >= 11 is 0. The molecule has 4 nitrogen and oxygen atoms in total. The van der Waals surface area contributed by atoms with Crippen LogP contribution in [0.2, 0.25) is 0 Å². The molecule has 0 saturated carbocycles. The van der Waals surface area contributed by atoms with Gasteiger partial charge in [-0.3, -0.25) is 4.79 Å². The fourth-order valence-corrected chi connectivity index (χ4v) is 0.847. The minimum atomic E-state index is -0.226. The summed E-state index contributed by atoms with van der Waals surface area (Å²) in [5, 5.41) is 6.18. The third-order valence-electron chi connectivity index (χ3n) is 1.43. The Hall–Kier alpha value is -1.84. The van der Waals surface area contributed by atoms with E-state index in [9.17, 15) is 4.79 Å². The van der Waals surface area contributed by atoms with Gasteiger partial charge in [0.2, 0.25) is 5.91 Å². The Morgan fingerprint density at radius 1 is 1.57 bits per heavy atom. The topological polar surface area (TPSA) is 55.1 Å². The predicted molar refractivity (Wildman–Crippen MR) is 53.8 cm³/mol. The van der Waals surface area contributed by atoms with Crippen molar-refractivity contribution >= 4 is 11.7 Å². The maximum Gasteiger partial charge on any atom is 0.249 e. The van der Waals surface area contributed by atoms with Crippen LogP contribution >= 0.6 is 0 Å². The van der Waals surface area contributed by atoms with Crippen LogP contribution in [0.4, 0.5) is 5.82 Å². The Bertz CT molecular complexity index is 364. The first kappa shape index (κ1) is 10.2. The number of carbonyl (C=O) groups is 1. The first-order valence-corrected chi connectivity index (χ1v) is 4.26. The van der Waals surface area contributed by atoms with Crippen molar-refractivity contribution < 1.29 is 9.32 Å². The summed E-state index contributed by atoms with van der Waals surface area (Å²) < 4.78 is 4.79. The highest BCUT2D eigenvalue weighted by Crippen LogP contribution is 2.06. The van der Waals surface area contributed by atoms with E-state index in [0.717, 1.165) is 0 Å². The third kappa shape index (κ3) is 3.26. The molecule has 1 N–H and O–H groups in total. The van der Waals surface area contributed by atoms with E-state index in [1.165, 1.54) is 6.08 Å². The summed E-state index contributed by atoms with van der Waals surface area (Å²) in [6.07, 6.45) is 6.68. The van der Waals surface area contributed by atoms with Crippen LogP contribution in [-0.4, -0.2) is 11.1 Å². The van der Waals surface area contributed by atoms with Crippen LogP contribution in [0, 0.1) is 6.92 Å². The van der Waals surface area contributed by atoms with Crippen LogP contribution in [0.3, 0.4) is 0 Å². The number of aromatic nitrogens is 1. The first-order valence-electron chi connectivity index (χ1n) is 4.26. The Morgan fingerprint density at radius 3 is 2.93 bits per heavy atom. The lowest BCUT2D eigenvalue weighted by molar-refractivity contribution is -0.111. The average Bonchev–Trinajstić information content (AvgIpc) is 2.52. The van der Waals surface area contributed by atoms with E-state index < -0.39 is 0 Å². The summed E-state index contributed by atoms with van der Waals surface area (Å²) in [6, 6.07) is 1.65.